The van der Waals surface area contributed by atoms with Gasteiger partial charge in [0.1, 0.15) is 0 Å². The van der Waals surface area contributed by atoms with Crippen LogP contribution in [0.2, 0.25) is 0 Å². The number of piperazine rings is 1. The van der Waals surface area contributed by atoms with Crippen LogP contribution in [0.4, 0.5) is 18.9 Å². The maximum Gasteiger partial charge on any atom is 0.418 e. The van der Waals surface area contributed by atoms with Gasteiger partial charge in [-0.05, 0) is 26.0 Å². The van der Waals surface area contributed by atoms with Crippen LogP contribution >= 0.6 is 0 Å². The van der Waals surface area contributed by atoms with Crippen LogP contribution in [-0.2, 0) is 15.8 Å². The van der Waals surface area contributed by atoms with E-state index in [2.05, 4.69) is 5.32 Å². The van der Waals surface area contributed by atoms with Gasteiger partial charge < -0.3 is 10.2 Å². The molecule has 28 heavy (non-hydrogen) atoms. The first-order valence-corrected chi connectivity index (χ1v) is 9.24. The number of nitrogens with zero attached hydrogens (tertiary/aromatic N) is 3. The number of likely N-dealkylation sites (N-methyl/N-ethyl adjacent to an activating group) is 1. The van der Waals surface area contributed by atoms with Crippen molar-refractivity contribution < 1.29 is 22.8 Å². The van der Waals surface area contributed by atoms with E-state index in [1.54, 1.807) is 11.9 Å². The minimum absolute atomic E-state index is 0.0138. The van der Waals surface area contributed by atoms with E-state index < -0.39 is 17.6 Å². The molecule has 0 bridgehead atoms. The molecule has 1 aromatic carbocycles. The third-order valence-electron chi connectivity index (χ3n) is 4.87. The molecule has 1 fully saturated rings. The normalized spacial score (nSPS) is 16.2. The molecule has 2 rings (SSSR count). The Kier molecular flexibility index (Phi) is 7.42. The fourth-order valence-electron chi connectivity index (χ4n) is 2.93. The molecule has 6 nitrogen and oxygen atoms in total. The van der Waals surface area contributed by atoms with Gasteiger partial charge >= 0.3 is 6.18 Å². The summed E-state index contributed by atoms with van der Waals surface area (Å²) in [5.74, 6) is -0.439. The van der Waals surface area contributed by atoms with Crippen LogP contribution in [0.5, 0.6) is 0 Å². The number of hydrogen-bond acceptors (Lipinski definition) is 4. The molecule has 2 amide bonds. The Morgan fingerprint density at radius 3 is 2.14 bits per heavy atom. The Morgan fingerprint density at radius 1 is 1.07 bits per heavy atom. The summed E-state index contributed by atoms with van der Waals surface area (Å²) >= 11 is 0. The van der Waals surface area contributed by atoms with Crippen molar-refractivity contribution in [3.8, 4) is 0 Å². The highest BCUT2D eigenvalue weighted by Crippen LogP contribution is 2.34. The number of carbonyl (C=O) groups is 2. The van der Waals surface area contributed by atoms with Gasteiger partial charge in [-0.2, -0.15) is 13.2 Å². The van der Waals surface area contributed by atoms with E-state index in [1.807, 2.05) is 23.6 Å². The highest BCUT2D eigenvalue weighted by Gasteiger charge is 2.33. The van der Waals surface area contributed by atoms with Crippen LogP contribution < -0.4 is 5.32 Å². The summed E-state index contributed by atoms with van der Waals surface area (Å²) < 4.78 is 39.0. The monoisotopic (exact) mass is 400 g/mol. The molecule has 0 spiro atoms. The second-order valence-corrected chi connectivity index (χ2v) is 7.24. The third-order valence-corrected chi connectivity index (χ3v) is 4.87. The first kappa shape index (κ1) is 22.2. The van der Waals surface area contributed by atoms with E-state index in [0.29, 0.717) is 32.7 Å². The Hall–Kier alpha value is -2.13. The predicted octanol–water partition coefficient (Wildman–Crippen LogP) is 2.13. The van der Waals surface area contributed by atoms with Crippen LogP contribution in [0.25, 0.3) is 0 Å². The number of carbonyl (C=O) groups excluding carboxylic acids is 2. The molecule has 1 aliphatic heterocycles. The second-order valence-electron chi connectivity index (χ2n) is 7.24. The van der Waals surface area contributed by atoms with E-state index in [-0.39, 0.29) is 24.2 Å². The number of alkyl halides is 3. The van der Waals surface area contributed by atoms with Gasteiger partial charge in [0.25, 0.3) is 0 Å². The number of hydrogen-bond donors (Lipinski definition) is 1. The van der Waals surface area contributed by atoms with Crippen molar-refractivity contribution in [3.05, 3.63) is 29.8 Å². The summed E-state index contributed by atoms with van der Waals surface area (Å²) in [6.07, 6.45) is -4.52. The zero-order valence-corrected chi connectivity index (χ0v) is 16.4. The molecule has 1 heterocycles. The minimum Gasteiger partial charge on any atom is -0.342 e. The van der Waals surface area contributed by atoms with Gasteiger partial charge in [-0.1, -0.05) is 12.1 Å². The highest BCUT2D eigenvalue weighted by molar-refractivity contribution is 5.93. The summed E-state index contributed by atoms with van der Waals surface area (Å²) in [6.45, 7) is 6.65. The lowest BCUT2D eigenvalue weighted by Crippen LogP contribution is -2.51. The van der Waals surface area contributed by atoms with Gasteiger partial charge in [0, 0.05) is 39.3 Å². The van der Waals surface area contributed by atoms with Crippen molar-refractivity contribution in [1.29, 1.82) is 0 Å². The molecular weight excluding hydrogens is 373 g/mol. The number of halogens is 3. The largest absolute Gasteiger partial charge is 0.418 e. The van der Waals surface area contributed by atoms with E-state index in [0.717, 1.165) is 6.07 Å². The van der Waals surface area contributed by atoms with E-state index in [4.69, 9.17) is 0 Å². The number of rotatable bonds is 6. The molecule has 1 aromatic rings. The molecule has 156 valence electrons. The van der Waals surface area contributed by atoms with Gasteiger partial charge in [-0.15, -0.1) is 0 Å². The number of benzene rings is 1. The molecule has 1 saturated heterocycles. The van der Waals surface area contributed by atoms with Gasteiger partial charge in [0.05, 0.1) is 24.3 Å². The molecule has 0 aliphatic carbocycles. The summed E-state index contributed by atoms with van der Waals surface area (Å²) in [7, 11) is 1.77. The van der Waals surface area contributed by atoms with Crippen LogP contribution in [-0.4, -0.2) is 78.9 Å². The topological polar surface area (TPSA) is 55.9 Å². The van der Waals surface area contributed by atoms with Crippen LogP contribution in [0, 0.1) is 0 Å². The number of para-hydroxylation sites is 1. The van der Waals surface area contributed by atoms with Crippen molar-refractivity contribution >= 4 is 17.5 Å². The second kappa shape index (κ2) is 9.38. The van der Waals surface area contributed by atoms with Crippen molar-refractivity contribution in [1.82, 2.24) is 14.7 Å². The molecule has 0 radical (unpaired) electrons. The average Bonchev–Trinajstić information content (AvgIpc) is 2.62. The molecule has 0 aromatic heterocycles. The lowest BCUT2D eigenvalue weighted by atomic mass is 10.1. The van der Waals surface area contributed by atoms with Crippen LogP contribution in [0.1, 0.15) is 19.4 Å². The van der Waals surface area contributed by atoms with Crippen molar-refractivity contribution in [2.24, 2.45) is 0 Å². The SMILES string of the molecule is CC(C)N(C)C(=O)CN1CCN(CC(=O)Nc2ccccc2C(F)(F)F)CC1. The number of amides is 2. The zero-order valence-electron chi connectivity index (χ0n) is 16.4. The Morgan fingerprint density at radius 2 is 1.61 bits per heavy atom. The first-order chi connectivity index (χ1) is 13.1. The Balaban J connectivity index is 1.82. The lowest BCUT2D eigenvalue weighted by molar-refractivity contribution is -0.137. The molecule has 1 aliphatic rings. The van der Waals surface area contributed by atoms with Gasteiger partial charge in [-0.3, -0.25) is 19.4 Å². The first-order valence-electron chi connectivity index (χ1n) is 9.24. The maximum atomic E-state index is 13.0. The molecule has 0 saturated carbocycles. The molecule has 9 heteroatoms. The van der Waals surface area contributed by atoms with E-state index in [1.165, 1.54) is 18.2 Å². The minimum atomic E-state index is -4.52. The summed E-state index contributed by atoms with van der Waals surface area (Å²) in [4.78, 5) is 29.9. The number of nitrogens with one attached hydrogen (secondary N) is 1. The summed E-state index contributed by atoms with van der Waals surface area (Å²) in [5.41, 5.74) is -1.10. The van der Waals surface area contributed by atoms with Crippen LogP contribution in [0.3, 0.4) is 0 Å². The fraction of sp³-hybridized carbons (Fsp3) is 0.579. The molecule has 0 atom stereocenters. The molecular formula is C19H27F3N4O2. The standard InChI is InChI=1S/C19H27F3N4O2/c1-14(2)24(3)18(28)13-26-10-8-25(9-11-26)12-17(27)23-16-7-5-4-6-15(16)19(20,21)22/h4-7,14H,8-13H2,1-3H3,(H,23,27). The Labute approximate surface area is 163 Å². The lowest BCUT2D eigenvalue weighted by Gasteiger charge is -2.35. The maximum absolute atomic E-state index is 13.0. The Bertz CT molecular complexity index is 686. The molecule has 0 unspecified atom stereocenters. The predicted molar refractivity (Wildman–Crippen MR) is 101 cm³/mol. The highest BCUT2D eigenvalue weighted by atomic mass is 19.4. The summed E-state index contributed by atoms with van der Waals surface area (Å²) in [5, 5.41) is 2.36. The van der Waals surface area contributed by atoms with Crippen LogP contribution in [0.15, 0.2) is 24.3 Å². The average molecular weight is 400 g/mol. The van der Waals surface area contributed by atoms with Gasteiger partial charge in [0.2, 0.25) is 11.8 Å². The van der Waals surface area contributed by atoms with E-state index >= 15 is 0 Å². The number of anilines is 1. The van der Waals surface area contributed by atoms with Crippen molar-refractivity contribution in [2.75, 3.05) is 51.6 Å². The fourth-order valence-corrected chi connectivity index (χ4v) is 2.93. The molecule has 1 N–H and O–H groups in total. The van der Waals surface area contributed by atoms with Gasteiger partial charge in [0.15, 0.2) is 0 Å². The third kappa shape index (κ3) is 6.20. The van der Waals surface area contributed by atoms with Crippen molar-refractivity contribution in [2.45, 2.75) is 26.1 Å². The smallest absolute Gasteiger partial charge is 0.342 e. The quantitative estimate of drug-likeness (QED) is 0.795. The van der Waals surface area contributed by atoms with Gasteiger partial charge in [-0.25, -0.2) is 0 Å². The van der Waals surface area contributed by atoms with E-state index in [9.17, 15) is 22.8 Å². The zero-order chi connectivity index (χ0) is 20.9. The summed E-state index contributed by atoms with van der Waals surface area (Å²) in [6, 6.07) is 5.07. The van der Waals surface area contributed by atoms with Crippen molar-refractivity contribution in [3.63, 3.8) is 0 Å².